The summed E-state index contributed by atoms with van der Waals surface area (Å²) < 4.78 is 0. The number of hydrogen-bond acceptors (Lipinski definition) is 2. The summed E-state index contributed by atoms with van der Waals surface area (Å²) in [6.45, 7) is 4.23. The van der Waals surface area contributed by atoms with E-state index in [1.54, 1.807) is 0 Å². The van der Waals surface area contributed by atoms with E-state index in [1.807, 2.05) is 6.92 Å². The lowest BCUT2D eigenvalue weighted by molar-refractivity contribution is 0.256. The van der Waals surface area contributed by atoms with Gasteiger partial charge in [0.25, 0.3) is 0 Å². The van der Waals surface area contributed by atoms with Crippen LogP contribution in [0.15, 0.2) is 0 Å². The highest BCUT2D eigenvalue weighted by Crippen LogP contribution is 2.11. The quantitative estimate of drug-likeness (QED) is 0.572. The third-order valence-corrected chi connectivity index (χ3v) is 2.38. The first-order valence-corrected chi connectivity index (χ1v) is 4.48. The van der Waals surface area contributed by atoms with Gasteiger partial charge in [-0.15, -0.1) is 0 Å². The monoisotopic (exact) mass is 152 g/mol. The van der Waals surface area contributed by atoms with Crippen LogP contribution in [0.25, 0.3) is 0 Å². The standard InChI is InChI=1S/C9H16N2/c1-9(8-10)11-6-4-2-3-5-7-11/h9H,2-7H2,1H3. The van der Waals surface area contributed by atoms with Crippen LogP contribution >= 0.6 is 0 Å². The number of rotatable bonds is 1. The summed E-state index contributed by atoms with van der Waals surface area (Å²) in [5, 5.41) is 8.69. The molecule has 0 aromatic rings. The lowest BCUT2D eigenvalue weighted by Gasteiger charge is -2.21. The van der Waals surface area contributed by atoms with Crippen LogP contribution in [0.1, 0.15) is 32.6 Å². The van der Waals surface area contributed by atoms with Crippen molar-refractivity contribution in [3.63, 3.8) is 0 Å². The smallest absolute Gasteiger partial charge is 0.0949 e. The van der Waals surface area contributed by atoms with E-state index < -0.39 is 0 Å². The minimum Gasteiger partial charge on any atom is -0.288 e. The highest BCUT2D eigenvalue weighted by molar-refractivity contribution is 4.88. The topological polar surface area (TPSA) is 27.0 Å². The molecule has 0 amide bonds. The van der Waals surface area contributed by atoms with Crippen molar-refractivity contribution in [2.24, 2.45) is 0 Å². The lowest BCUT2D eigenvalue weighted by atomic mass is 10.2. The highest BCUT2D eigenvalue weighted by Gasteiger charge is 2.13. The van der Waals surface area contributed by atoms with Crippen LogP contribution in [0.2, 0.25) is 0 Å². The summed E-state index contributed by atoms with van der Waals surface area (Å²) in [6, 6.07) is 2.41. The third kappa shape index (κ3) is 2.51. The van der Waals surface area contributed by atoms with Crippen molar-refractivity contribution in [1.29, 1.82) is 5.26 Å². The maximum absolute atomic E-state index is 8.69. The Morgan fingerprint density at radius 2 is 1.73 bits per heavy atom. The van der Waals surface area contributed by atoms with Crippen molar-refractivity contribution in [3.05, 3.63) is 0 Å². The molecule has 11 heavy (non-hydrogen) atoms. The fourth-order valence-electron chi connectivity index (χ4n) is 1.56. The molecule has 1 aliphatic rings. The summed E-state index contributed by atoms with van der Waals surface area (Å²) in [4.78, 5) is 2.28. The predicted octanol–water partition coefficient (Wildman–Crippen LogP) is 1.77. The summed E-state index contributed by atoms with van der Waals surface area (Å²) in [6.07, 6.45) is 5.22. The molecule has 1 unspecified atom stereocenters. The second kappa shape index (κ2) is 4.35. The van der Waals surface area contributed by atoms with Crippen molar-refractivity contribution in [2.45, 2.75) is 38.6 Å². The molecule has 2 heteroatoms. The Morgan fingerprint density at radius 3 is 2.18 bits per heavy atom. The molecule has 1 atom stereocenters. The highest BCUT2D eigenvalue weighted by atomic mass is 15.1. The van der Waals surface area contributed by atoms with E-state index in [0.717, 1.165) is 13.1 Å². The first kappa shape index (κ1) is 8.55. The second-order valence-electron chi connectivity index (χ2n) is 3.26. The number of hydrogen-bond donors (Lipinski definition) is 0. The van der Waals surface area contributed by atoms with Crippen LogP contribution in [-0.2, 0) is 0 Å². The minimum absolute atomic E-state index is 0.119. The summed E-state index contributed by atoms with van der Waals surface area (Å²) in [7, 11) is 0. The number of nitriles is 1. The largest absolute Gasteiger partial charge is 0.288 e. The molecule has 1 heterocycles. The van der Waals surface area contributed by atoms with Gasteiger partial charge in [0.05, 0.1) is 12.1 Å². The van der Waals surface area contributed by atoms with Gasteiger partial charge < -0.3 is 0 Å². The Morgan fingerprint density at radius 1 is 1.18 bits per heavy atom. The average molecular weight is 152 g/mol. The van der Waals surface area contributed by atoms with Gasteiger partial charge in [0.1, 0.15) is 0 Å². The molecule has 0 radical (unpaired) electrons. The van der Waals surface area contributed by atoms with Crippen LogP contribution in [0.3, 0.4) is 0 Å². The van der Waals surface area contributed by atoms with E-state index in [-0.39, 0.29) is 6.04 Å². The fourth-order valence-corrected chi connectivity index (χ4v) is 1.56. The van der Waals surface area contributed by atoms with Crippen LogP contribution < -0.4 is 0 Å². The lowest BCUT2D eigenvalue weighted by Crippen LogP contribution is -2.32. The molecule has 2 nitrogen and oxygen atoms in total. The first-order valence-electron chi connectivity index (χ1n) is 4.48. The Kier molecular flexibility index (Phi) is 3.38. The van der Waals surface area contributed by atoms with Gasteiger partial charge in [-0.3, -0.25) is 4.90 Å². The molecule has 0 spiro atoms. The molecule has 0 saturated carbocycles. The van der Waals surface area contributed by atoms with Crippen molar-refractivity contribution >= 4 is 0 Å². The van der Waals surface area contributed by atoms with Gasteiger partial charge in [-0.25, -0.2) is 0 Å². The van der Waals surface area contributed by atoms with Gasteiger partial charge in [0.2, 0.25) is 0 Å². The molecule has 62 valence electrons. The minimum atomic E-state index is 0.119. The molecule has 0 aliphatic carbocycles. The fraction of sp³-hybridized carbons (Fsp3) is 0.889. The normalized spacial score (nSPS) is 23.6. The zero-order valence-corrected chi connectivity index (χ0v) is 7.21. The van der Waals surface area contributed by atoms with Crippen LogP contribution in [0.5, 0.6) is 0 Å². The second-order valence-corrected chi connectivity index (χ2v) is 3.26. The average Bonchev–Trinajstić information content (AvgIpc) is 2.30. The van der Waals surface area contributed by atoms with Gasteiger partial charge in [0, 0.05) is 0 Å². The SMILES string of the molecule is CC(C#N)N1CCCCCC1. The Labute approximate surface area is 68.8 Å². The van der Waals surface area contributed by atoms with Gasteiger partial charge in [0.15, 0.2) is 0 Å². The van der Waals surface area contributed by atoms with E-state index in [0.29, 0.717) is 0 Å². The van der Waals surface area contributed by atoms with Crippen molar-refractivity contribution in [1.82, 2.24) is 4.90 Å². The molecule has 0 aromatic heterocycles. The zero-order chi connectivity index (χ0) is 8.10. The Bertz CT molecular complexity index is 140. The maximum Gasteiger partial charge on any atom is 0.0949 e. The molecule has 0 N–H and O–H groups in total. The van der Waals surface area contributed by atoms with Crippen LogP contribution in [0.4, 0.5) is 0 Å². The first-order chi connectivity index (χ1) is 5.34. The maximum atomic E-state index is 8.69. The van der Waals surface area contributed by atoms with E-state index >= 15 is 0 Å². The van der Waals surface area contributed by atoms with Crippen LogP contribution in [0, 0.1) is 11.3 Å². The van der Waals surface area contributed by atoms with E-state index in [1.165, 1.54) is 25.7 Å². The van der Waals surface area contributed by atoms with E-state index in [2.05, 4.69) is 11.0 Å². The van der Waals surface area contributed by atoms with Gasteiger partial charge in [-0.2, -0.15) is 5.26 Å². The number of nitrogens with zero attached hydrogens (tertiary/aromatic N) is 2. The summed E-state index contributed by atoms with van der Waals surface area (Å²) in [5.41, 5.74) is 0. The van der Waals surface area contributed by atoms with Gasteiger partial charge in [-0.1, -0.05) is 12.8 Å². The van der Waals surface area contributed by atoms with E-state index in [4.69, 9.17) is 5.26 Å². The molecule has 1 rings (SSSR count). The molecule has 0 bridgehead atoms. The Hall–Kier alpha value is -0.550. The molecular formula is C9H16N2. The zero-order valence-electron chi connectivity index (χ0n) is 7.21. The predicted molar refractivity (Wildman–Crippen MR) is 45.1 cm³/mol. The molecular weight excluding hydrogens is 136 g/mol. The summed E-state index contributed by atoms with van der Waals surface area (Å²) >= 11 is 0. The summed E-state index contributed by atoms with van der Waals surface area (Å²) in [5.74, 6) is 0. The van der Waals surface area contributed by atoms with Gasteiger partial charge >= 0.3 is 0 Å². The van der Waals surface area contributed by atoms with Crippen molar-refractivity contribution in [2.75, 3.05) is 13.1 Å². The number of likely N-dealkylation sites (tertiary alicyclic amines) is 1. The van der Waals surface area contributed by atoms with E-state index in [9.17, 15) is 0 Å². The van der Waals surface area contributed by atoms with Gasteiger partial charge in [-0.05, 0) is 32.9 Å². The molecule has 1 fully saturated rings. The molecule has 1 saturated heterocycles. The molecule has 1 aliphatic heterocycles. The Balaban J connectivity index is 2.37. The third-order valence-electron chi connectivity index (χ3n) is 2.38. The molecule has 0 aromatic carbocycles. The van der Waals surface area contributed by atoms with Crippen molar-refractivity contribution < 1.29 is 0 Å². The van der Waals surface area contributed by atoms with Crippen LogP contribution in [-0.4, -0.2) is 24.0 Å². The van der Waals surface area contributed by atoms with Crippen molar-refractivity contribution in [3.8, 4) is 6.07 Å².